The average Bonchev–Trinajstić information content (AvgIpc) is 2.95. The molecule has 0 radical (unpaired) electrons. The highest BCUT2D eigenvalue weighted by Crippen LogP contribution is 2.34. The van der Waals surface area contributed by atoms with Crippen LogP contribution in [-0.2, 0) is 19.0 Å². The molecule has 4 aromatic rings. The number of hydrogen-bond acceptors (Lipinski definition) is 0. The normalized spacial score (nSPS) is 11.0. The lowest BCUT2D eigenvalue weighted by molar-refractivity contribution is 0.567. The summed E-state index contributed by atoms with van der Waals surface area (Å²) in [6, 6.07) is 37.7. The molecule has 0 bridgehead atoms. The van der Waals surface area contributed by atoms with E-state index in [1.165, 1.54) is 103 Å². The van der Waals surface area contributed by atoms with Crippen LogP contribution in [0.15, 0.2) is 103 Å². The zero-order chi connectivity index (χ0) is 24.8. The summed E-state index contributed by atoms with van der Waals surface area (Å²) in [7, 11) is 2.93. The van der Waals surface area contributed by atoms with Gasteiger partial charge in [0.2, 0.25) is 0 Å². The topological polar surface area (TPSA) is 0 Å². The van der Waals surface area contributed by atoms with Crippen molar-refractivity contribution >= 4 is 9.24 Å². The van der Waals surface area contributed by atoms with E-state index in [2.05, 4.69) is 112 Å². The average molecular weight is 493 g/mol. The zero-order valence-electron chi connectivity index (χ0n) is 21.7. The molecule has 0 saturated heterocycles. The van der Waals surface area contributed by atoms with Gasteiger partial charge in [0.05, 0.1) is 0 Å². The van der Waals surface area contributed by atoms with Gasteiger partial charge in [0.1, 0.15) is 0 Å². The Morgan fingerprint density at radius 2 is 0.833 bits per heavy atom. The van der Waals surface area contributed by atoms with Crippen molar-refractivity contribution in [2.45, 2.75) is 70.4 Å². The first-order chi connectivity index (χ1) is 17.8. The van der Waals surface area contributed by atoms with Crippen molar-refractivity contribution in [3.63, 3.8) is 0 Å². The number of benzene rings is 4. The summed E-state index contributed by atoms with van der Waals surface area (Å²) in [6.07, 6.45) is 14.3. The highest BCUT2D eigenvalue weighted by molar-refractivity contribution is 7.15. The van der Waals surface area contributed by atoms with Crippen molar-refractivity contribution in [1.82, 2.24) is 0 Å². The monoisotopic (exact) mass is 492 g/mol. The van der Waals surface area contributed by atoms with E-state index in [1.54, 1.807) is 0 Å². The van der Waals surface area contributed by atoms with Crippen LogP contribution in [0.5, 0.6) is 0 Å². The zero-order valence-corrected chi connectivity index (χ0v) is 22.8. The third-order valence-corrected chi connectivity index (χ3v) is 7.66. The van der Waals surface area contributed by atoms with Crippen LogP contribution in [0, 0.1) is 0 Å². The maximum absolute atomic E-state index is 2.93. The molecule has 4 rings (SSSR count). The number of unbranched alkanes of at least 4 members (excludes halogenated alkanes) is 7. The minimum absolute atomic E-state index is 0.954. The second-order valence-electron chi connectivity index (χ2n) is 9.91. The van der Waals surface area contributed by atoms with Crippen LogP contribution in [0.2, 0.25) is 0 Å². The number of rotatable bonds is 14. The van der Waals surface area contributed by atoms with Crippen molar-refractivity contribution in [1.29, 1.82) is 0 Å². The van der Waals surface area contributed by atoms with Crippen molar-refractivity contribution in [2.75, 3.05) is 0 Å². The molecule has 186 valence electrons. The van der Waals surface area contributed by atoms with Crippen molar-refractivity contribution in [3.05, 3.63) is 120 Å². The largest absolute Gasteiger partial charge is 0.133 e. The van der Waals surface area contributed by atoms with Gasteiger partial charge in [0.25, 0.3) is 0 Å². The highest BCUT2D eigenvalue weighted by Gasteiger charge is 2.10. The molecule has 0 spiro atoms. The first-order valence-corrected chi connectivity index (χ1v) is 14.7. The van der Waals surface area contributed by atoms with Gasteiger partial charge < -0.3 is 0 Å². The molecule has 0 aliphatic rings. The molecule has 0 aromatic heterocycles. The lowest BCUT2D eigenvalue weighted by atomic mass is 9.92. The van der Waals surface area contributed by atoms with E-state index in [1.807, 2.05) is 0 Å². The van der Waals surface area contributed by atoms with Gasteiger partial charge in [0.15, 0.2) is 0 Å². The fourth-order valence-corrected chi connectivity index (χ4v) is 5.62. The van der Waals surface area contributed by atoms with Gasteiger partial charge >= 0.3 is 0 Å². The van der Waals surface area contributed by atoms with E-state index in [4.69, 9.17) is 0 Å². The van der Waals surface area contributed by atoms with Crippen molar-refractivity contribution < 1.29 is 0 Å². The first kappa shape index (κ1) is 26.4. The van der Waals surface area contributed by atoms with Crippen molar-refractivity contribution in [3.8, 4) is 22.3 Å². The molecule has 0 fully saturated rings. The molecule has 0 amide bonds. The Labute approximate surface area is 221 Å². The van der Waals surface area contributed by atoms with Gasteiger partial charge in [-0.3, -0.25) is 0 Å². The smallest absolute Gasteiger partial charge is 0.0116 e. The summed E-state index contributed by atoms with van der Waals surface area (Å²) >= 11 is 0. The molecular formula is C35H41P. The molecule has 0 N–H and O–H groups in total. The Balaban J connectivity index is 1.17. The van der Waals surface area contributed by atoms with Gasteiger partial charge in [-0.1, -0.05) is 142 Å². The Morgan fingerprint density at radius 3 is 1.36 bits per heavy atom. The Kier molecular flexibility index (Phi) is 10.8. The van der Waals surface area contributed by atoms with Crippen LogP contribution in [-0.4, -0.2) is 0 Å². The molecule has 1 heteroatoms. The minimum atomic E-state index is 0.954. The second kappa shape index (κ2) is 14.8. The molecular weight excluding hydrogens is 451 g/mol. The van der Waals surface area contributed by atoms with E-state index < -0.39 is 0 Å². The first-order valence-electron chi connectivity index (χ1n) is 13.9. The molecule has 0 aliphatic carbocycles. The lowest BCUT2D eigenvalue weighted by Gasteiger charge is -2.14. The maximum Gasteiger partial charge on any atom is -0.0116 e. The van der Waals surface area contributed by atoms with Crippen LogP contribution in [0.25, 0.3) is 22.3 Å². The van der Waals surface area contributed by atoms with Gasteiger partial charge in [0, 0.05) is 0 Å². The molecule has 36 heavy (non-hydrogen) atoms. The van der Waals surface area contributed by atoms with E-state index in [9.17, 15) is 0 Å². The van der Waals surface area contributed by atoms with Crippen LogP contribution in [0.1, 0.15) is 68.1 Å². The van der Waals surface area contributed by atoms with Gasteiger partial charge in [-0.25, -0.2) is 0 Å². The van der Waals surface area contributed by atoms with Crippen LogP contribution in [0.3, 0.4) is 0 Å². The Hall–Kier alpha value is -2.69. The molecule has 0 saturated carbocycles. The third kappa shape index (κ3) is 7.91. The third-order valence-electron chi connectivity index (χ3n) is 7.25. The summed E-state index contributed by atoms with van der Waals surface area (Å²) in [6.45, 7) is 0. The Morgan fingerprint density at radius 1 is 0.389 bits per heavy atom. The number of hydrogen-bond donors (Lipinski definition) is 0. The summed E-state index contributed by atoms with van der Waals surface area (Å²) in [5.41, 5.74) is 9.65. The van der Waals surface area contributed by atoms with E-state index in [0.717, 1.165) is 6.16 Å². The van der Waals surface area contributed by atoms with Gasteiger partial charge in [-0.05, 0) is 70.8 Å². The van der Waals surface area contributed by atoms with E-state index >= 15 is 0 Å². The maximum atomic E-state index is 2.93. The standard InChI is InChI=1S/C35H41P/c36-28-35-33(31-20-13-8-14-21-31)22-15-23-34(35)32-26-24-30(25-27-32)19-10-6-4-2-1-3-5-9-16-29-17-11-7-12-18-29/h7-8,11-15,17-18,20-27H,1-6,9-10,16,19,28,36H2. The molecule has 1 atom stereocenters. The van der Waals surface area contributed by atoms with Crippen molar-refractivity contribution in [2.24, 2.45) is 0 Å². The van der Waals surface area contributed by atoms with Gasteiger partial charge in [-0.2, -0.15) is 0 Å². The SMILES string of the molecule is PCc1c(-c2ccccc2)cccc1-c1ccc(CCCCCCCCCCc2ccccc2)cc1. The summed E-state index contributed by atoms with van der Waals surface area (Å²) in [5.74, 6) is 0. The predicted molar refractivity (Wildman–Crippen MR) is 162 cm³/mol. The summed E-state index contributed by atoms with van der Waals surface area (Å²) in [4.78, 5) is 0. The van der Waals surface area contributed by atoms with Crippen LogP contribution >= 0.6 is 9.24 Å². The van der Waals surface area contributed by atoms with E-state index in [0.29, 0.717) is 0 Å². The molecule has 4 aromatic carbocycles. The lowest BCUT2D eigenvalue weighted by Crippen LogP contribution is -1.92. The molecule has 0 aliphatic heterocycles. The second-order valence-corrected chi connectivity index (χ2v) is 10.3. The Bertz CT molecular complexity index is 1150. The van der Waals surface area contributed by atoms with Gasteiger partial charge in [-0.15, -0.1) is 9.24 Å². The minimum Gasteiger partial charge on any atom is -0.133 e. The van der Waals surface area contributed by atoms with E-state index in [-0.39, 0.29) is 0 Å². The van der Waals surface area contributed by atoms with Crippen LogP contribution in [0.4, 0.5) is 0 Å². The van der Waals surface area contributed by atoms with Crippen LogP contribution < -0.4 is 0 Å². The number of aryl methyl sites for hydroxylation is 2. The fraction of sp³-hybridized carbons (Fsp3) is 0.314. The molecule has 1 unspecified atom stereocenters. The summed E-state index contributed by atoms with van der Waals surface area (Å²) < 4.78 is 0. The fourth-order valence-electron chi connectivity index (χ4n) is 5.18. The molecule has 0 nitrogen and oxygen atoms in total. The quantitative estimate of drug-likeness (QED) is 0.121. The highest BCUT2D eigenvalue weighted by atomic mass is 31.0. The molecule has 0 heterocycles. The predicted octanol–water partition coefficient (Wildman–Crippen LogP) is 10.3. The summed E-state index contributed by atoms with van der Waals surface area (Å²) in [5, 5.41) is 0.